The molecule has 0 aromatic heterocycles. The summed E-state index contributed by atoms with van der Waals surface area (Å²) in [6.07, 6.45) is -1.78. The molecule has 1 aromatic rings. The fourth-order valence-electron chi connectivity index (χ4n) is 4.83. The summed E-state index contributed by atoms with van der Waals surface area (Å²) in [6.45, 7) is 7.20. The zero-order chi connectivity index (χ0) is 25.5. The molecule has 0 unspecified atom stereocenters. The molecule has 1 aliphatic carbocycles. The van der Waals surface area contributed by atoms with Gasteiger partial charge in [-0.1, -0.05) is 52.2 Å². The van der Waals surface area contributed by atoms with Crippen LogP contribution in [-0.2, 0) is 19.7 Å². The number of nitrogens with one attached hydrogen (secondary N) is 1. The molecule has 186 valence electrons. The van der Waals surface area contributed by atoms with Gasteiger partial charge in [0.15, 0.2) is 0 Å². The third-order valence-corrected chi connectivity index (χ3v) is 6.71. The summed E-state index contributed by atoms with van der Waals surface area (Å²) < 4.78 is 48.8. The van der Waals surface area contributed by atoms with Crippen molar-refractivity contribution < 1.29 is 32.3 Å². The third-order valence-electron chi connectivity index (χ3n) is 6.71. The van der Waals surface area contributed by atoms with Crippen molar-refractivity contribution in [1.82, 2.24) is 10.2 Å². The molecule has 1 N–H and O–H groups in total. The first kappa shape index (κ1) is 25.8. The van der Waals surface area contributed by atoms with E-state index >= 15 is 0 Å². The Bertz CT molecular complexity index is 1000. The van der Waals surface area contributed by atoms with Crippen LogP contribution in [0.4, 0.5) is 13.2 Å². The lowest BCUT2D eigenvalue weighted by Gasteiger charge is -2.36. The fraction of sp³-hybridized carbons (Fsp3) is 0.560. The molecule has 1 saturated carbocycles. The first-order valence-corrected chi connectivity index (χ1v) is 11.4. The molecule has 2 aliphatic rings. The summed E-state index contributed by atoms with van der Waals surface area (Å²) in [4.78, 5) is 40.2. The average molecular weight is 481 g/mol. The van der Waals surface area contributed by atoms with Gasteiger partial charge < -0.3 is 15.0 Å². The van der Waals surface area contributed by atoms with Gasteiger partial charge in [-0.05, 0) is 42.9 Å². The van der Waals surface area contributed by atoms with Crippen LogP contribution in [0, 0.1) is 0 Å². The van der Waals surface area contributed by atoms with Gasteiger partial charge in [-0.15, -0.1) is 0 Å². The summed E-state index contributed by atoms with van der Waals surface area (Å²) >= 11 is 0. The van der Waals surface area contributed by atoms with Gasteiger partial charge in [-0.25, -0.2) is 4.79 Å². The standard InChI is InChI=1S/C25H31F3N2O4/c1-15-19(21(32)34-5)24(25(26,27)28,22(33)30(15)18-9-7-6-8-10-18)29-20(31)16-11-13-17(14-12-16)23(2,3)4/h11-14,18H,6-10H2,1-5H3,(H,29,31)/t24-/m1/s1. The number of benzene rings is 1. The molecular formula is C25H31F3N2O4. The Labute approximate surface area is 197 Å². The van der Waals surface area contributed by atoms with Crippen LogP contribution < -0.4 is 5.32 Å². The van der Waals surface area contributed by atoms with Crippen molar-refractivity contribution >= 4 is 17.8 Å². The molecule has 1 heterocycles. The van der Waals surface area contributed by atoms with Gasteiger partial charge in [0.1, 0.15) is 5.57 Å². The Morgan fingerprint density at radius 2 is 1.62 bits per heavy atom. The molecule has 34 heavy (non-hydrogen) atoms. The maximum atomic E-state index is 14.7. The second-order valence-corrected chi connectivity index (χ2v) is 9.95. The highest BCUT2D eigenvalue weighted by Crippen LogP contribution is 2.47. The number of carbonyl (C=O) groups excluding carboxylic acids is 3. The molecule has 0 saturated heterocycles. The molecule has 1 aromatic carbocycles. The van der Waals surface area contributed by atoms with Crippen molar-refractivity contribution in [3.63, 3.8) is 0 Å². The first-order valence-electron chi connectivity index (χ1n) is 11.4. The smallest absolute Gasteiger partial charge is 0.425 e. The molecule has 1 atom stereocenters. The van der Waals surface area contributed by atoms with Crippen LogP contribution in [0.5, 0.6) is 0 Å². The van der Waals surface area contributed by atoms with E-state index < -0.39 is 41.1 Å². The summed E-state index contributed by atoms with van der Waals surface area (Å²) in [5.41, 5.74) is -3.94. The SMILES string of the molecule is COC(=O)C1=C(C)N(C2CCCCC2)C(=O)[C@@]1(NC(=O)c1ccc(C(C)(C)C)cc1)C(F)(F)F. The average Bonchev–Trinajstić information content (AvgIpc) is 3.00. The number of ether oxygens (including phenoxy) is 1. The largest absolute Gasteiger partial charge is 0.466 e. The van der Waals surface area contributed by atoms with E-state index in [0.29, 0.717) is 12.8 Å². The maximum absolute atomic E-state index is 14.7. The van der Waals surface area contributed by atoms with E-state index in [1.165, 1.54) is 19.1 Å². The van der Waals surface area contributed by atoms with Crippen molar-refractivity contribution in [3.8, 4) is 0 Å². The molecular weight excluding hydrogens is 449 g/mol. The molecule has 2 amide bonds. The minimum absolute atomic E-state index is 0.0533. The number of methoxy groups -OCH3 is 1. The number of halogens is 3. The van der Waals surface area contributed by atoms with E-state index in [1.807, 2.05) is 26.1 Å². The molecule has 9 heteroatoms. The second kappa shape index (κ2) is 9.07. The van der Waals surface area contributed by atoms with Gasteiger partial charge >= 0.3 is 12.1 Å². The molecule has 3 rings (SSSR count). The molecule has 0 spiro atoms. The summed E-state index contributed by atoms with van der Waals surface area (Å²) in [5.74, 6) is -3.78. The molecule has 0 bridgehead atoms. The maximum Gasteiger partial charge on any atom is 0.425 e. The second-order valence-electron chi connectivity index (χ2n) is 9.95. The predicted molar refractivity (Wildman–Crippen MR) is 120 cm³/mol. The Morgan fingerprint density at radius 3 is 2.09 bits per heavy atom. The molecule has 6 nitrogen and oxygen atoms in total. The zero-order valence-electron chi connectivity index (χ0n) is 20.1. The Hall–Kier alpha value is -2.84. The number of nitrogens with zero attached hydrogens (tertiary/aromatic N) is 1. The van der Waals surface area contributed by atoms with Crippen LogP contribution in [0.2, 0.25) is 0 Å². The van der Waals surface area contributed by atoms with Crippen molar-refractivity contribution in [2.75, 3.05) is 7.11 Å². The lowest BCUT2D eigenvalue weighted by molar-refractivity contribution is -0.193. The van der Waals surface area contributed by atoms with Gasteiger partial charge in [0, 0.05) is 17.3 Å². The van der Waals surface area contributed by atoms with E-state index in [9.17, 15) is 27.6 Å². The number of esters is 1. The minimum Gasteiger partial charge on any atom is -0.466 e. The van der Waals surface area contributed by atoms with Crippen LogP contribution in [0.25, 0.3) is 0 Å². The van der Waals surface area contributed by atoms with E-state index in [4.69, 9.17) is 0 Å². The van der Waals surface area contributed by atoms with E-state index in [1.54, 1.807) is 12.1 Å². The topological polar surface area (TPSA) is 75.7 Å². The number of rotatable bonds is 4. The minimum atomic E-state index is -5.28. The van der Waals surface area contributed by atoms with Gasteiger partial charge in [-0.3, -0.25) is 9.59 Å². The number of allylic oxidation sites excluding steroid dienone is 1. The first-order chi connectivity index (χ1) is 15.8. The molecule has 1 aliphatic heterocycles. The molecule has 0 radical (unpaired) electrons. The van der Waals surface area contributed by atoms with E-state index in [2.05, 4.69) is 4.74 Å². The number of carbonyl (C=O) groups is 3. The van der Waals surface area contributed by atoms with Gasteiger partial charge in [0.05, 0.1) is 7.11 Å². The Kier molecular flexibility index (Phi) is 6.88. The number of amides is 2. The summed E-state index contributed by atoms with van der Waals surface area (Å²) in [5, 5.41) is 1.91. The highest BCUT2D eigenvalue weighted by molar-refractivity contribution is 6.11. The third kappa shape index (κ3) is 4.32. The quantitative estimate of drug-likeness (QED) is 0.638. The van der Waals surface area contributed by atoms with E-state index in [-0.39, 0.29) is 16.7 Å². The van der Waals surface area contributed by atoms with Gasteiger partial charge in [-0.2, -0.15) is 13.2 Å². The van der Waals surface area contributed by atoms with Crippen LogP contribution >= 0.6 is 0 Å². The van der Waals surface area contributed by atoms with Crippen LogP contribution in [0.3, 0.4) is 0 Å². The fourth-order valence-corrected chi connectivity index (χ4v) is 4.83. The van der Waals surface area contributed by atoms with Crippen LogP contribution in [0.15, 0.2) is 35.5 Å². The zero-order valence-corrected chi connectivity index (χ0v) is 20.1. The molecule has 1 fully saturated rings. The number of hydrogen-bond acceptors (Lipinski definition) is 4. The van der Waals surface area contributed by atoms with Crippen LogP contribution in [-0.4, -0.2) is 47.6 Å². The summed E-state index contributed by atoms with van der Waals surface area (Å²) in [7, 11) is 0.949. The van der Waals surface area contributed by atoms with Crippen molar-refractivity contribution in [1.29, 1.82) is 0 Å². The van der Waals surface area contributed by atoms with Crippen molar-refractivity contribution in [2.24, 2.45) is 0 Å². The predicted octanol–water partition coefficient (Wildman–Crippen LogP) is 4.64. The number of hydrogen-bond donors (Lipinski definition) is 1. The van der Waals surface area contributed by atoms with Gasteiger partial charge in [0.25, 0.3) is 17.4 Å². The Balaban J connectivity index is 2.09. The summed E-state index contributed by atoms with van der Waals surface area (Å²) in [6, 6.07) is 5.65. The highest BCUT2D eigenvalue weighted by Gasteiger charge is 2.71. The van der Waals surface area contributed by atoms with Crippen LogP contribution in [0.1, 0.15) is 75.7 Å². The van der Waals surface area contributed by atoms with Crippen molar-refractivity contribution in [2.45, 2.75) is 83.0 Å². The Morgan fingerprint density at radius 1 is 1.06 bits per heavy atom. The highest BCUT2D eigenvalue weighted by atomic mass is 19.4. The van der Waals surface area contributed by atoms with Crippen molar-refractivity contribution in [3.05, 3.63) is 46.7 Å². The number of alkyl halides is 3. The van der Waals surface area contributed by atoms with Gasteiger partial charge in [0.2, 0.25) is 0 Å². The monoisotopic (exact) mass is 480 g/mol. The normalized spacial score (nSPS) is 22.2. The van der Waals surface area contributed by atoms with E-state index in [0.717, 1.165) is 36.8 Å². The lowest BCUT2D eigenvalue weighted by Crippen LogP contribution is -2.66. The lowest BCUT2D eigenvalue weighted by atomic mass is 9.86.